The monoisotopic (exact) mass is 270 g/mol. The molecule has 108 valence electrons. The van der Waals surface area contributed by atoms with Crippen LogP contribution in [0.15, 0.2) is 0 Å². The molecule has 6 heteroatoms. The molecule has 0 aromatic carbocycles. The first-order chi connectivity index (χ1) is 9.15. The number of nitrogens with one attached hydrogen (secondary N) is 1. The molecule has 0 aromatic heterocycles. The van der Waals surface area contributed by atoms with E-state index in [0.29, 0.717) is 32.3 Å². The van der Waals surface area contributed by atoms with Gasteiger partial charge in [0.2, 0.25) is 0 Å². The number of carboxylic acid groups (broad SMARTS) is 1. The van der Waals surface area contributed by atoms with Crippen LogP contribution in [-0.2, 0) is 9.53 Å². The summed E-state index contributed by atoms with van der Waals surface area (Å²) in [7, 11) is 0. The number of ether oxygens (including phenoxy) is 1. The van der Waals surface area contributed by atoms with Gasteiger partial charge >= 0.3 is 12.0 Å². The number of amides is 2. The van der Waals surface area contributed by atoms with E-state index >= 15 is 0 Å². The Morgan fingerprint density at radius 3 is 2.58 bits per heavy atom. The predicted molar refractivity (Wildman–Crippen MR) is 68.9 cm³/mol. The van der Waals surface area contributed by atoms with Crippen molar-refractivity contribution in [2.75, 3.05) is 26.2 Å². The Morgan fingerprint density at radius 1 is 1.26 bits per heavy atom. The predicted octanol–water partition coefficient (Wildman–Crippen LogP) is 1.06. The van der Waals surface area contributed by atoms with Crippen molar-refractivity contribution in [2.24, 2.45) is 5.92 Å². The number of rotatable bonds is 6. The third kappa shape index (κ3) is 4.38. The molecule has 0 unspecified atom stereocenters. The van der Waals surface area contributed by atoms with Crippen LogP contribution in [0.1, 0.15) is 32.1 Å². The van der Waals surface area contributed by atoms with Gasteiger partial charge in [-0.2, -0.15) is 0 Å². The Bertz CT molecular complexity index is 323. The van der Waals surface area contributed by atoms with Gasteiger partial charge in [0, 0.05) is 25.6 Å². The molecule has 2 N–H and O–H groups in total. The standard InChI is InChI=1S/C13H22N2O4/c16-12(17)7-10-8-15(9-10)13(18)14-5-6-19-11-3-1-2-4-11/h10-11H,1-9H2,(H,14,18)(H,16,17). The summed E-state index contributed by atoms with van der Waals surface area (Å²) in [6.45, 7) is 2.17. The molecule has 2 fully saturated rings. The molecule has 0 aromatic rings. The third-order valence-corrected chi connectivity index (χ3v) is 3.74. The van der Waals surface area contributed by atoms with E-state index in [-0.39, 0.29) is 18.4 Å². The number of nitrogens with zero attached hydrogens (tertiary/aromatic N) is 1. The van der Waals surface area contributed by atoms with Gasteiger partial charge in [-0.15, -0.1) is 0 Å². The van der Waals surface area contributed by atoms with Gasteiger partial charge in [0.05, 0.1) is 19.1 Å². The second kappa shape index (κ2) is 6.75. The van der Waals surface area contributed by atoms with Crippen LogP contribution in [0.25, 0.3) is 0 Å². The Labute approximate surface area is 113 Å². The highest BCUT2D eigenvalue weighted by atomic mass is 16.5. The molecule has 0 atom stereocenters. The van der Waals surface area contributed by atoms with Crippen LogP contribution in [0.2, 0.25) is 0 Å². The smallest absolute Gasteiger partial charge is 0.317 e. The summed E-state index contributed by atoms with van der Waals surface area (Å²) in [6.07, 6.45) is 5.29. The molecule has 0 spiro atoms. The van der Waals surface area contributed by atoms with E-state index in [1.54, 1.807) is 4.90 Å². The fourth-order valence-electron chi connectivity index (χ4n) is 2.66. The number of aliphatic carboxylic acids is 1. The van der Waals surface area contributed by atoms with Gasteiger partial charge in [-0.1, -0.05) is 12.8 Å². The largest absolute Gasteiger partial charge is 0.481 e. The van der Waals surface area contributed by atoms with Gasteiger partial charge in [-0.25, -0.2) is 4.79 Å². The first-order valence-electron chi connectivity index (χ1n) is 7.01. The van der Waals surface area contributed by atoms with Crippen LogP contribution in [0.5, 0.6) is 0 Å². The highest BCUT2D eigenvalue weighted by molar-refractivity contribution is 5.75. The minimum Gasteiger partial charge on any atom is -0.481 e. The topological polar surface area (TPSA) is 78.9 Å². The average Bonchev–Trinajstić information content (AvgIpc) is 2.81. The number of likely N-dealkylation sites (tertiary alicyclic amines) is 1. The van der Waals surface area contributed by atoms with E-state index in [0.717, 1.165) is 12.8 Å². The molecule has 1 aliphatic carbocycles. The average molecular weight is 270 g/mol. The third-order valence-electron chi connectivity index (χ3n) is 3.74. The maximum absolute atomic E-state index is 11.7. The molecule has 2 rings (SSSR count). The minimum absolute atomic E-state index is 0.109. The molecule has 1 saturated heterocycles. The van der Waals surface area contributed by atoms with Crippen LogP contribution in [0.3, 0.4) is 0 Å². The fraction of sp³-hybridized carbons (Fsp3) is 0.846. The number of carbonyl (C=O) groups is 2. The normalized spacial score (nSPS) is 20.3. The first kappa shape index (κ1) is 14.1. The molecule has 1 heterocycles. The number of hydrogen-bond donors (Lipinski definition) is 2. The quantitative estimate of drug-likeness (QED) is 0.707. The molecule has 0 radical (unpaired) electrons. The molecule has 1 aliphatic heterocycles. The van der Waals surface area contributed by atoms with Crippen molar-refractivity contribution in [2.45, 2.75) is 38.2 Å². The molecular weight excluding hydrogens is 248 g/mol. The second-order valence-electron chi connectivity index (χ2n) is 5.38. The van der Waals surface area contributed by atoms with Crippen molar-refractivity contribution in [1.82, 2.24) is 10.2 Å². The van der Waals surface area contributed by atoms with Crippen LogP contribution >= 0.6 is 0 Å². The maximum Gasteiger partial charge on any atom is 0.317 e. The van der Waals surface area contributed by atoms with Gasteiger partial charge in [0.1, 0.15) is 0 Å². The lowest BCUT2D eigenvalue weighted by Crippen LogP contribution is -2.54. The van der Waals surface area contributed by atoms with Gasteiger partial charge in [0.25, 0.3) is 0 Å². The highest BCUT2D eigenvalue weighted by Crippen LogP contribution is 2.20. The van der Waals surface area contributed by atoms with Crippen LogP contribution < -0.4 is 5.32 Å². The van der Waals surface area contributed by atoms with Crippen LogP contribution in [0, 0.1) is 5.92 Å². The van der Waals surface area contributed by atoms with Gasteiger partial charge in [-0.3, -0.25) is 4.79 Å². The summed E-state index contributed by atoms with van der Waals surface area (Å²) in [5.74, 6) is -0.687. The summed E-state index contributed by atoms with van der Waals surface area (Å²) in [5, 5.41) is 11.4. The summed E-state index contributed by atoms with van der Waals surface area (Å²) >= 11 is 0. The minimum atomic E-state index is -0.796. The van der Waals surface area contributed by atoms with Crippen LogP contribution in [0.4, 0.5) is 4.79 Å². The molecular formula is C13H22N2O4. The molecule has 1 saturated carbocycles. The van der Waals surface area contributed by atoms with E-state index in [9.17, 15) is 9.59 Å². The molecule has 0 bridgehead atoms. The van der Waals surface area contributed by atoms with E-state index in [1.165, 1.54) is 12.8 Å². The van der Waals surface area contributed by atoms with Crippen molar-refractivity contribution in [3.63, 3.8) is 0 Å². The van der Waals surface area contributed by atoms with Crippen molar-refractivity contribution in [3.8, 4) is 0 Å². The van der Waals surface area contributed by atoms with Gasteiger partial charge < -0.3 is 20.1 Å². The Balaban J connectivity index is 1.50. The Morgan fingerprint density at radius 2 is 1.95 bits per heavy atom. The summed E-state index contributed by atoms with van der Waals surface area (Å²) in [4.78, 5) is 23.8. The molecule has 6 nitrogen and oxygen atoms in total. The zero-order valence-corrected chi connectivity index (χ0v) is 11.1. The van der Waals surface area contributed by atoms with Crippen molar-refractivity contribution in [3.05, 3.63) is 0 Å². The Hall–Kier alpha value is -1.30. The first-order valence-corrected chi connectivity index (χ1v) is 7.01. The lowest BCUT2D eigenvalue weighted by molar-refractivity contribution is -0.139. The van der Waals surface area contributed by atoms with Crippen molar-refractivity contribution >= 4 is 12.0 Å². The van der Waals surface area contributed by atoms with E-state index in [1.807, 2.05) is 0 Å². The van der Waals surface area contributed by atoms with Gasteiger partial charge in [-0.05, 0) is 12.8 Å². The van der Waals surface area contributed by atoms with E-state index < -0.39 is 5.97 Å². The Kier molecular flexibility index (Phi) is 5.01. The lowest BCUT2D eigenvalue weighted by atomic mass is 9.97. The zero-order chi connectivity index (χ0) is 13.7. The fourth-order valence-corrected chi connectivity index (χ4v) is 2.66. The summed E-state index contributed by atoms with van der Waals surface area (Å²) in [5.41, 5.74) is 0. The van der Waals surface area contributed by atoms with E-state index in [2.05, 4.69) is 5.32 Å². The van der Waals surface area contributed by atoms with E-state index in [4.69, 9.17) is 9.84 Å². The van der Waals surface area contributed by atoms with Crippen molar-refractivity contribution in [1.29, 1.82) is 0 Å². The van der Waals surface area contributed by atoms with Gasteiger partial charge in [0.15, 0.2) is 0 Å². The second-order valence-corrected chi connectivity index (χ2v) is 5.38. The number of carbonyl (C=O) groups excluding carboxylic acids is 1. The number of carboxylic acids is 1. The lowest BCUT2D eigenvalue weighted by Gasteiger charge is -2.38. The number of urea groups is 1. The van der Waals surface area contributed by atoms with Crippen LogP contribution in [-0.4, -0.2) is 54.4 Å². The SMILES string of the molecule is O=C(O)CC1CN(C(=O)NCCOC2CCCC2)C1. The van der Waals surface area contributed by atoms with Crippen molar-refractivity contribution < 1.29 is 19.4 Å². The molecule has 2 aliphatic rings. The maximum atomic E-state index is 11.7. The zero-order valence-electron chi connectivity index (χ0n) is 11.1. The summed E-state index contributed by atoms with van der Waals surface area (Å²) < 4.78 is 5.65. The molecule has 2 amide bonds. The summed E-state index contributed by atoms with van der Waals surface area (Å²) in [6, 6.07) is -0.114. The highest BCUT2D eigenvalue weighted by Gasteiger charge is 2.31. The number of hydrogen-bond acceptors (Lipinski definition) is 3. The molecule has 19 heavy (non-hydrogen) atoms.